The molecule has 0 atom stereocenters. The number of nitrogens with two attached hydrogens (primary N) is 1. The molecule has 1 amide bonds. The van der Waals surface area contributed by atoms with Gasteiger partial charge in [-0.05, 0) is 33.1 Å². The van der Waals surface area contributed by atoms with Crippen LogP contribution in [0.3, 0.4) is 0 Å². The monoisotopic (exact) mass is 283 g/mol. The summed E-state index contributed by atoms with van der Waals surface area (Å²) < 4.78 is 5.55. The smallest absolute Gasteiger partial charge is 0.225 e. The Balaban J connectivity index is 1.83. The number of piperazine rings is 1. The largest absolute Gasteiger partial charge is 0.378 e. The van der Waals surface area contributed by atoms with Gasteiger partial charge in [-0.3, -0.25) is 9.69 Å². The summed E-state index contributed by atoms with van der Waals surface area (Å²) in [5.41, 5.74) is 5.68. The van der Waals surface area contributed by atoms with Crippen molar-refractivity contribution >= 4 is 5.91 Å². The molecule has 5 heteroatoms. The van der Waals surface area contributed by atoms with Crippen molar-refractivity contribution in [3.63, 3.8) is 0 Å². The summed E-state index contributed by atoms with van der Waals surface area (Å²) in [4.78, 5) is 16.8. The lowest BCUT2D eigenvalue weighted by atomic mass is 9.77. The molecule has 20 heavy (non-hydrogen) atoms. The van der Waals surface area contributed by atoms with Gasteiger partial charge in [0.05, 0.1) is 12.0 Å². The first-order chi connectivity index (χ1) is 9.42. The molecule has 0 bridgehead atoms. The minimum Gasteiger partial charge on any atom is -0.378 e. The average Bonchev–Trinajstić information content (AvgIpc) is 2.42. The van der Waals surface area contributed by atoms with E-state index in [4.69, 9.17) is 10.5 Å². The second-order valence-electron chi connectivity index (χ2n) is 6.80. The molecule has 1 aliphatic carbocycles. The summed E-state index contributed by atoms with van der Waals surface area (Å²) in [5, 5.41) is 0. The van der Waals surface area contributed by atoms with Crippen LogP contribution in [-0.2, 0) is 9.53 Å². The van der Waals surface area contributed by atoms with Gasteiger partial charge in [0.25, 0.3) is 0 Å². The zero-order valence-electron chi connectivity index (χ0n) is 13.2. The van der Waals surface area contributed by atoms with Gasteiger partial charge >= 0.3 is 0 Å². The first-order valence-electron chi connectivity index (χ1n) is 7.70. The Labute approximate surface area is 122 Å². The third kappa shape index (κ3) is 3.15. The lowest BCUT2D eigenvalue weighted by Gasteiger charge is -2.45. The second kappa shape index (κ2) is 6.00. The second-order valence-corrected chi connectivity index (χ2v) is 6.80. The normalized spacial score (nSPS) is 23.5. The molecule has 2 N–H and O–H groups in total. The van der Waals surface area contributed by atoms with E-state index in [1.807, 2.05) is 4.90 Å². The quantitative estimate of drug-likeness (QED) is 0.812. The predicted octanol–water partition coefficient (Wildman–Crippen LogP) is 0.827. The maximum atomic E-state index is 12.4. The molecule has 2 aliphatic rings. The maximum Gasteiger partial charge on any atom is 0.225 e. The van der Waals surface area contributed by atoms with E-state index in [1.54, 1.807) is 7.11 Å². The summed E-state index contributed by atoms with van der Waals surface area (Å²) in [6, 6.07) is 0. The number of rotatable bonds is 5. The molecule has 2 rings (SSSR count). The number of methoxy groups -OCH3 is 1. The first kappa shape index (κ1) is 15.7. The van der Waals surface area contributed by atoms with Crippen LogP contribution in [-0.4, -0.2) is 66.7 Å². The Bertz CT molecular complexity index is 340. The highest BCUT2D eigenvalue weighted by Gasteiger charge is 2.40. The van der Waals surface area contributed by atoms with E-state index in [2.05, 4.69) is 18.7 Å². The Morgan fingerprint density at radius 2 is 1.85 bits per heavy atom. The van der Waals surface area contributed by atoms with Crippen molar-refractivity contribution in [2.75, 3.05) is 39.8 Å². The highest BCUT2D eigenvalue weighted by atomic mass is 16.5. The molecule has 0 radical (unpaired) electrons. The van der Waals surface area contributed by atoms with Crippen molar-refractivity contribution in [1.82, 2.24) is 9.80 Å². The molecule has 1 saturated carbocycles. The third-order valence-electron chi connectivity index (χ3n) is 5.16. The van der Waals surface area contributed by atoms with Crippen molar-refractivity contribution in [2.24, 2.45) is 5.73 Å². The number of amides is 1. The van der Waals surface area contributed by atoms with E-state index in [0.717, 1.165) is 39.0 Å². The van der Waals surface area contributed by atoms with Gasteiger partial charge in [0.15, 0.2) is 0 Å². The molecular formula is C15H29N3O2. The van der Waals surface area contributed by atoms with Crippen LogP contribution < -0.4 is 5.73 Å². The van der Waals surface area contributed by atoms with Crippen LogP contribution in [0.4, 0.5) is 0 Å². The zero-order valence-corrected chi connectivity index (χ0v) is 13.2. The third-order valence-corrected chi connectivity index (χ3v) is 5.16. The fourth-order valence-electron chi connectivity index (χ4n) is 3.10. The minimum atomic E-state index is -0.162. The predicted molar refractivity (Wildman–Crippen MR) is 79.5 cm³/mol. The average molecular weight is 283 g/mol. The fourth-order valence-corrected chi connectivity index (χ4v) is 3.10. The summed E-state index contributed by atoms with van der Waals surface area (Å²) in [6.07, 6.45) is 3.77. The summed E-state index contributed by atoms with van der Waals surface area (Å²) in [5.74, 6) is 0.247. The number of nitrogens with zero attached hydrogens (tertiary/aromatic N) is 2. The molecular weight excluding hydrogens is 254 g/mol. The molecule has 1 aliphatic heterocycles. The lowest BCUT2D eigenvalue weighted by molar-refractivity contribution is -0.146. The van der Waals surface area contributed by atoms with Crippen molar-refractivity contribution in [3.05, 3.63) is 0 Å². The van der Waals surface area contributed by atoms with Crippen molar-refractivity contribution in [2.45, 2.75) is 50.7 Å². The number of ether oxygens (including phenoxy) is 1. The van der Waals surface area contributed by atoms with Crippen LogP contribution in [0.1, 0.15) is 39.5 Å². The summed E-state index contributed by atoms with van der Waals surface area (Å²) in [6.45, 7) is 8.42. The van der Waals surface area contributed by atoms with E-state index >= 15 is 0 Å². The van der Waals surface area contributed by atoms with Gasteiger partial charge in [-0.25, -0.2) is 0 Å². The van der Waals surface area contributed by atoms with E-state index in [9.17, 15) is 4.79 Å². The first-order valence-corrected chi connectivity index (χ1v) is 7.70. The molecule has 1 saturated heterocycles. The van der Waals surface area contributed by atoms with Crippen LogP contribution in [0, 0.1) is 0 Å². The topological polar surface area (TPSA) is 58.8 Å². The maximum absolute atomic E-state index is 12.4. The van der Waals surface area contributed by atoms with Crippen LogP contribution in [0.2, 0.25) is 0 Å². The SMILES string of the molecule is COC1(CC(=O)N2CCN(C(C)(C)CN)CC2)CCC1. The number of hydrogen-bond donors (Lipinski definition) is 1. The van der Waals surface area contributed by atoms with Gasteiger partial charge in [0, 0.05) is 45.4 Å². The van der Waals surface area contributed by atoms with Crippen LogP contribution in [0.5, 0.6) is 0 Å². The van der Waals surface area contributed by atoms with Gasteiger partial charge in [0.1, 0.15) is 0 Å². The van der Waals surface area contributed by atoms with Gasteiger partial charge in [0.2, 0.25) is 5.91 Å². The van der Waals surface area contributed by atoms with Crippen LogP contribution in [0.25, 0.3) is 0 Å². The Kier molecular flexibility index (Phi) is 4.72. The molecule has 2 fully saturated rings. The van der Waals surface area contributed by atoms with E-state index < -0.39 is 0 Å². The van der Waals surface area contributed by atoms with Gasteiger partial charge in [-0.1, -0.05) is 0 Å². The molecule has 0 aromatic carbocycles. The van der Waals surface area contributed by atoms with Gasteiger partial charge in [-0.15, -0.1) is 0 Å². The van der Waals surface area contributed by atoms with Crippen molar-refractivity contribution < 1.29 is 9.53 Å². The molecule has 0 aromatic rings. The zero-order chi connectivity index (χ0) is 14.8. The highest BCUT2D eigenvalue weighted by Crippen LogP contribution is 2.38. The fraction of sp³-hybridized carbons (Fsp3) is 0.933. The number of hydrogen-bond acceptors (Lipinski definition) is 4. The molecule has 0 spiro atoms. The molecule has 1 heterocycles. The van der Waals surface area contributed by atoms with E-state index in [1.165, 1.54) is 6.42 Å². The highest BCUT2D eigenvalue weighted by molar-refractivity contribution is 5.77. The van der Waals surface area contributed by atoms with Crippen LogP contribution in [0.15, 0.2) is 0 Å². The molecule has 0 unspecified atom stereocenters. The standard InChI is InChI=1S/C15H29N3O2/c1-14(2,12-16)18-9-7-17(8-10-18)13(19)11-15(20-3)5-4-6-15/h4-12,16H2,1-3H3. The Hall–Kier alpha value is -0.650. The summed E-state index contributed by atoms with van der Waals surface area (Å²) in [7, 11) is 1.73. The van der Waals surface area contributed by atoms with Gasteiger partial charge < -0.3 is 15.4 Å². The van der Waals surface area contributed by atoms with Crippen molar-refractivity contribution in [1.29, 1.82) is 0 Å². The molecule has 0 aromatic heterocycles. The Morgan fingerprint density at radius 1 is 1.25 bits per heavy atom. The molecule has 116 valence electrons. The Morgan fingerprint density at radius 3 is 2.25 bits per heavy atom. The number of carbonyl (C=O) groups is 1. The van der Waals surface area contributed by atoms with Crippen LogP contribution >= 0.6 is 0 Å². The molecule has 5 nitrogen and oxygen atoms in total. The van der Waals surface area contributed by atoms with E-state index in [0.29, 0.717) is 13.0 Å². The number of carbonyl (C=O) groups excluding carboxylic acids is 1. The minimum absolute atomic E-state index is 0.0247. The van der Waals surface area contributed by atoms with Crippen molar-refractivity contribution in [3.8, 4) is 0 Å². The summed E-state index contributed by atoms with van der Waals surface area (Å²) >= 11 is 0. The lowest BCUT2D eigenvalue weighted by Crippen LogP contribution is -2.58. The van der Waals surface area contributed by atoms with E-state index in [-0.39, 0.29) is 17.0 Å². The van der Waals surface area contributed by atoms with Gasteiger partial charge in [-0.2, -0.15) is 0 Å².